The summed E-state index contributed by atoms with van der Waals surface area (Å²) in [6.07, 6.45) is 0.00574. The molecule has 1 N–H and O–H groups in total. The van der Waals surface area contributed by atoms with Crippen LogP contribution in [0.2, 0.25) is 0 Å². The molecular formula is C25H24N4O4S2. The number of amides is 2. The summed E-state index contributed by atoms with van der Waals surface area (Å²) in [5.74, 6) is -0.859. The molecule has 1 fully saturated rings. The summed E-state index contributed by atoms with van der Waals surface area (Å²) in [7, 11) is 0. The topological polar surface area (TPSA) is 101 Å². The minimum absolute atomic E-state index is 0.00574. The number of ether oxygens (including phenoxy) is 1. The molecule has 1 saturated heterocycles. The van der Waals surface area contributed by atoms with E-state index in [1.807, 2.05) is 42.6 Å². The second-order valence-corrected chi connectivity index (χ2v) is 9.52. The average Bonchev–Trinajstić information content (AvgIpc) is 3.44. The summed E-state index contributed by atoms with van der Waals surface area (Å²) in [4.78, 5) is 48.1. The van der Waals surface area contributed by atoms with Gasteiger partial charge in [-0.1, -0.05) is 42.1 Å². The lowest BCUT2D eigenvalue weighted by Crippen LogP contribution is -2.33. The minimum atomic E-state index is -0.568. The molecule has 2 amide bonds. The molecule has 0 radical (unpaired) electrons. The van der Waals surface area contributed by atoms with Crippen molar-refractivity contribution in [1.29, 1.82) is 0 Å². The van der Waals surface area contributed by atoms with E-state index in [1.54, 1.807) is 36.1 Å². The van der Waals surface area contributed by atoms with Gasteiger partial charge in [-0.25, -0.2) is 9.78 Å². The first kappa shape index (κ1) is 24.6. The molecule has 4 rings (SSSR count). The van der Waals surface area contributed by atoms with Crippen LogP contribution in [-0.2, 0) is 14.3 Å². The number of nitrogens with one attached hydrogen (secondary N) is 1. The quantitative estimate of drug-likeness (QED) is 0.431. The zero-order valence-corrected chi connectivity index (χ0v) is 20.9. The lowest BCUT2D eigenvalue weighted by Gasteiger charge is -2.13. The lowest BCUT2D eigenvalue weighted by atomic mass is 10.2. The first-order chi connectivity index (χ1) is 17.0. The molecule has 8 nitrogen and oxygen atoms in total. The molecule has 0 spiro atoms. The van der Waals surface area contributed by atoms with Crippen LogP contribution in [0.4, 0.5) is 10.8 Å². The molecule has 0 bridgehead atoms. The summed E-state index contributed by atoms with van der Waals surface area (Å²) in [5, 5.41) is 5.25. The van der Waals surface area contributed by atoms with E-state index in [0.29, 0.717) is 34.7 Å². The van der Waals surface area contributed by atoms with Gasteiger partial charge >= 0.3 is 5.97 Å². The van der Waals surface area contributed by atoms with E-state index in [-0.39, 0.29) is 18.2 Å². The number of rotatable bonds is 8. The van der Waals surface area contributed by atoms with Crippen LogP contribution >= 0.6 is 23.1 Å². The van der Waals surface area contributed by atoms with E-state index in [2.05, 4.69) is 15.3 Å². The number of carbonyl (C=O) groups excluding carboxylic acids is 3. The molecule has 2 heterocycles. The van der Waals surface area contributed by atoms with E-state index in [9.17, 15) is 14.4 Å². The fourth-order valence-electron chi connectivity index (χ4n) is 3.44. The molecule has 35 heavy (non-hydrogen) atoms. The number of benzene rings is 2. The summed E-state index contributed by atoms with van der Waals surface area (Å²) in [6.45, 7) is 4.36. The number of thiazole rings is 1. The zero-order valence-electron chi connectivity index (χ0n) is 19.3. The van der Waals surface area contributed by atoms with Crippen molar-refractivity contribution < 1.29 is 19.1 Å². The maximum absolute atomic E-state index is 12.9. The molecule has 3 aromatic rings. The number of carbonyl (C=O) groups is 3. The van der Waals surface area contributed by atoms with Crippen LogP contribution in [0.1, 0.15) is 30.6 Å². The highest BCUT2D eigenvalue weighted by atomic mass is 32.2. The maximum Gasteiger partial charge on any atom is 0.338 e. The third-order valence-corrected chi connectivity index (χ3v) is 7.05. The summed E-state index contributed by atoms with van der Waals surface area (Å²) in [6, 6.07) is 16.3. The van der Waals surface area contributed by atoms with Crippen molar-refractivity contribution in [3.05, 3.63) is 65.5 Å². The number of amidine groups is 1. The molecule has 0 saturated carbocycles. The van der Waals surface area contributed by atoms with Gasteiger partial charge in [0.2, 0.25) is 16.9 Å². The van der Waals surface area contributed by atoms with Crippen LogP contribution in [0.5, 0.6) is 0 Å². The van der Waals surface area contributed by atoms with Gasteiger partial charge in [-0.3, -0.25) is 14.5 Å². The fourth-order valence-corrected chi connectivity index (χ4v) is 5.40. The average molecular weight is 509 g/mol. The molecule has 2 aromatic carbocycles. The Bertz CT molecular complexity index is 1240. The Hall–Kier alpha value is -3.50. The van der Waals surface area contributed by atoms with Gasteiger partial charge in [-0.2, -0.15) is 4.99 Å². The molecule has 1 unspecified atom stereocenters. The molecule has 1 aromatic heterocycles. The summed E-state index contributed by atoms with van der Waals surface area (Å²) in [5.41, 5.74) is 2.78. The number of hydrogen-bond acceptors (Lipinski definition) is 8. The predicted molar refractivity (Wildman–Crippen MR) is 139 cm³/mol. The van der Waals surface area contributed by atoms with Crippen LogP contribution in [0, 0.1) is 0 Å². The third kappa shape index (κ3) is 5.95. The second kappa shape index (κ2) is 11.3. The van der Waals surface area contributed by atoms with Gasteiger partial charge in [-0.15, -0.1) is 11.3 Å². The van der Waals surface area contributed by atoms with E-state index >= 15 is 0 Å². The van der Waals surface area contributed by atoms with Gasteiger partial charge in [0.15, 0.2) is 5.17 Å². The number of nitrogens with zero attached hydrogens (tertiary/aromatic N) is 3. The van der Waals surface area contributed by atoms with Crippen LogP contribution in [0.15, 0.2) is 65.0 Å². The first-order valence-electron chi connectivity index (χ1n) is 11.1. The molecule has 0 aliphatic carbocycles. The number of anilines is 1. The Morgan fingerprint density at radius 3 is 2.54 bits per heavy atom. The number of thioether (sulfide) groups is 1. The van der Waals surface area contributed by atoms with E-state index in [4.69, 9.17) is 4.74 Å². The number of esters is 1. The highest BCUT2D eigenvalue weighted by Gasteiger charge is 2.38. The van der Waals surface area contributed by atoms with Gasteiger partial charge in [0.25, 0.3) is 0 Å². The summed E-state index contributed by atoms with van der Waals surface area (Å²) < 4.78 is 4.96. The molecule has 1 atom stereocenters. The fraction of sp³-hybridized carbons (Fsp3) is 0.240. The molecule has 1 aliphatic rings. The largest absolute Gasteiger partial charge is 0.462 e. The third-order valence-electron chi connectivity index (χ3n) is 5.14. The van der Waals surface area contributed by atoms with Crippen LogP contribution in [0.25, 0.3) is 11.3 Å². The molecule has 180 valence electrons. The predicted octanol–water partition coefficient (Wildman–Crippen LogP) is 4.97. The smallest absolute Gasteiger partial charge is 0.338 e. The second-order valence-electron chi connectivity index (χ2n) is 7.51. The van der Waals surface area contributed by atoms with Crippen molar-refractivity contribution in [3.8, 4) is 11.3 Å². The van der Waals surface area contributed by atoms with Crippen molar-refractivity contribution in [2.24, 2.45) is 4.99 Å². The number of aliphatic imine (C=N–C) groups is 1. The SMILES string of the molecule is CCOC(=O)c1ccc(NC(=O)CC2S/C(=N/c3nc(-c4ccccc4)cs3)N(CC)C2=O)cc1. The highest BCUT2D eigenvalue weighted by molar-refractivity contribution is 8.15. The molecule has 10 heteroatoms. The van der Waals surface area contributed by atoms with E-state index in [1.165, 1.54) is 23.1 Å². The van der Waals surface area contributed by atoms with Crippen molar-refractivity contribution in [1.82, 2.24) is 9.88 Å². The highest BCUT2D eigenvalue weighted by Crippen LogP contribution is 2.33. The Morgan fingerprint density at radius 2 is 1.86 bits per heavy atom. The van der Waals surface area contributed by atoms with Crippen LogP contribution in [-0.4, -0.2) is 51.2 Å². The molecular weight excluding hydrogens is 484 g/mol. The first-order valence-corrected chi connectivity index (χ1v) is 12.9. The number of hydrogen-bond donors (Lipinski definition) is 1. The maximum atomic E-state index is 12.9. The Labute approximate surface area is 211 Å². The van der Waals surface area contributed by atoms with Crippen LogP contribution in [0.3, 0.4) is 0 Å². The Kier molecular flexibility index (Phi) is 7.94. The normalized spacial score (nSPS) is 16.5. The van der Waals surface area contributed by atoms with Gasteiger partial charge < -0.3 is 10.1 Å². The summed E-state index contributed by atoms with van der Waals surface area (Å²) >= 11 is 2.68. The van der Waals surface area contributed by atoms with Crippen molar-refractivity contribution in [2.75, 3.05) is 18.5 Å². The zero-order chi connectivity index (χ0) is 24.8. The van der Waals surface area contributed by atoms with Gasteiger partial charge in [-0.05, 0) is 38.1 Å². The van der Waals surface area contributed by atoms with E-state index < -0.39 is 11.2 Å². The molecule has 1 aliphatic heterocycles. The number of aromatic nitrogens is 1. The van der Waals surface area contributed by atoms with Crippen molar-refractivity contribution >= 4 is 56.9 Å². The van der Waals surface area contributed by atoms with Gasteiger partial charge in [0, 0.05) is 29.6 Å². The Morgan fingerprint density at radius 1 is 1.11 bits per heavy atom. The van der Waals surface area contributed by atoms with Gasteiger partial charge in [0.05, 0.1) is 17.9 Å². The monoisotopic (exact) mass is 508 g/mol. The standard InChI is InChI=1S/C25H24N4O4S2/c1-3-29-22(31)20(14-21(30)26-18-12-10-17(11-13-18)23(32)33-4-2)35-25(29)28-24-27-19(15-34-24)16-8-6-5-7-9-16/h5-13,15,20H,3-4,14H2,1-2H3,(H,26,30)/b28-25+. The Balaban J connectivity index is 1.40. The van der Waals surface area contributed by atoms with Crippen molar-refractivity contribution in [3.63, 3.8) is 0 Å². The van der Waals surface area contributed by atoms with Crippen molar-refractivity contribution in [2.45, 2.75) is 25.5 Å². The lowest BCUT2D eigenvalue weighted by molar-refractivity contribution is -0.128. The minimum Gasteiger partial charge on any atom is -0.462 e. The van der Waals surface area contributed by atoms with E-state index in [0.717, 1.165) is 11.3 Å². The van der Waals surface area contributed by atoms with Gasteiger partial charge in [0.1, 0.15) is 5.25 Å². The van der Waals surface area contributed by atoms with Crippen LogP contribution < -0.4 is 5.32 Å².